The molecule has 0 unspecified atom stereocenters. The molecule has 1 heteroatoms. The van der Waals surface area contributed by atoms with E-state index in [4.69, 9.17) is 0 Å². The van der Waals surface area contributed by atoms with Crippen molar-refractivity contribution in [1.29, 1.82) is 0 Å². The molecule has 0 amide bonds. The molecule has 13 heavy (non-hydrogen) atoms. The highest BCUT2D eigenvalue weighted by Crippen LogP contribution is 2.45. The fourth-order valence-corrected chi connectivity index (χ4v) is 2.37. The Labute approximate surface area is 79.5 Å². The van der Waals surface area contributed by atoms with E-state index in [1.165, 1.54) is 5.57 Å². The van der Waals surface area contributed by atoms with E-state index in [2.05, 4.69) is 26.0 Å². The normalized spacial score (nSPS) is 38.5. The molecule has 0 aromatic carbocycles. The van der Waals surface area contributed by atoms with Crippen LogP contribution in [0, 0.1) is 11.3 Å². The summed E-state index contributed by atoms with van der Waals surface area (Å²) in [7, 11) is 0. The molecule has 2 atom stereocenters. The van der Waals surface area contributed by atoms with E-state index >= 15 is 0 Å². The Morgan fingerprint density at radius 3 is 3.00 bits per heavy atom. The Hall–Kier alpha value is -0.850. The van der Waals surface area contributed by atoms with Crippen LogP contribution in [0.25, 0.3) is 0 Å². The molecule has 2 rings (SSSR count). The van der Waals surface area contributed by atoms with Gasteiger partial charge in [-0.05, 0) is 37.2 Å². The first-order valence-electron chi connectivity index (χ1n) is 4.98. The maximum Gasteiger partial charge on any atom is 0.155 e. The van der Waals surface area contributed by atoms with Gasteiger partial charge in [0.1, 0.15) is 0 Å². The average Bonchev–Trinajstić information content (AvgIpc) is 2.08. The fourth-order valence-electron chi connectivity index (χ4n) is 2.37. The molecule has 0 heterocycles. The predicted molar refractivity (Wildman–Crippen MR) is 53.4 cm³/mol. The van der Waals surface area contributed by atoms with Crippen molar-refractivity contribution in [2.75, 3.05) is 0 Å². The van der Waals surface area contributed by atoms with Gasteiger partial charge >= 0.3 is 0 Å². The van der Waals surface area contributed by atoms with E-state index in [0.29, 0.717) is 11.7 Å². The maximum atomic E-state index is 11.3. The molecule has 2 aliphatic rings. The summed E-state index contributed by atoms with van der Waals surface area (Å²) in [6, 6.07) is 0. The van der Waals surface area contributed by atoms with Gasteiger partial charge < -0.3 is 0 Å². The molecule has 0 saturated heterocycles. The molecule has 0 radical (unpaired) electrons. The van der Waals surface area contributed by atoms with Crippen molar-refractivity contribution in [1.82, 2.24) is 0 Å². The monoisotopic (exact) mass is 176 g/mol. The highest BCUT2D eigenvalue weighted by molar-refractivity contribution is 5.91. The van der Waals surface area contributed by atoms with Gasteiger partial charge in [0, 0.05) is 6.42 Å². The van der Waals surface area contributed by atoms with Crippen molar-refractivity contribution in [2.45, 2.75) is 33.1 Å². The largest absolute Gasteiger partial charge is 0.295 e. The first-order valence-corrected chi connectivity index (χ1v) is 4.98. The molecule has 0 aromatic rings. The topological polar surface area (TPSA) is 17.1 Å². The predicted octanol–water partition coefficient (Wildman–Crippen LogP) is 2.88. The lowest BCUT2D eigenvalue weighted by Crippen LogP contribution is -2.32. The van der Waals surface area contributed by atoms with Crippen molar-refractivity contribution in [3.63, 3.8) is 0 Å². The second-order valence-electron chi connectivity index (χ2n) is 4.67. The van der Waals surface area contributed by atoms with Crippen LogP contribution in [0.1, 0.15) is 33.1 Å². The van der Waals surface area contributed by atoms with Gasteiger partial charge in [0.2, 0.25) is 0 Å². The minimum Gasteiger partial charge on any atom is -0.295 e. The fraction of sp³-hybridized carbons (Fsp3) is 0.583. The van der Waals surface area contributed by atoms with Gasteiger partial charge in [0.05, 0.1) is 0 Å². The zero-order valence-electron chi connectivity index (χ0n) is 8.34. The van der Waals surface area contributed by atoms with Gasteiger partial charge in [-0.2, -0.15) is 0 Å². The number of hydrogen-bond donors (Lipinski definition) is 0. The molecule has 0 aliphatic heterocycles. The third kappa shape index (κ3) is 1.48. The van der Waals surface area contributed by atoms with E-state index < -0.39 is 0 Å². The molecule has 0 fully saturated rings. The van der Waals surface area contributed by atoms with Gasteiger partial charge in [-0.1, -0.05) is 24.6 Å². The van der Waals surface area contributed by atoms with Gasteiger partial charge in [0.25, 0.3) is 0 Å². The van der Waals surface area contributed by atoms with E-state index in [-0.39, 0.29) is 5.41 Å². The van der Waals surface area contributed by atoms with Crippen molar-refractivity contribution >= 4 is 5.78 Å². The Balaban J connectivity index is 2.30. The molecule has 70 valence electrons. The van der Waals surface area contributed by atoms with Gasteiger partial charge in [-0.3, -0.25) is 4.79 Å². The summed E-state index contributed by atoms with van der Waals surface area (Å²) < 4.78 is 0. The number of carbonyl (C=O) groups excluding carboxylic acids is 1. The van der Waals surface area contributed by atoms with Crippen LogP contribution in [-0.2, 0) is 4.79 Å². The molecular formula is C12H16O. The van der Waals surface area contributed by atoms with Gasteiger partial charge in [-0.15, -0.1) is 0 Å². The number of fused-ring (bicyclic) bond motifs is 1. The third-order valence-electron chi connectivity index (χ3n) is 3.49. The first kappa shape index (κ1) is 8.74. The van der Waals surface area contributed by atoms with Crippen LogP contribution in [0.2, 0.25) is 0 Å². The number of rotatable bonds is 0. The minimum atomic E-state index is 0.257. The van der Waals surface area contributed by atoms with Crippen LogP contribution in [-0.4, -0.2) is 5.78 Å². The molecule has 0 spiro atoms. The smallest absolute Gasteiger partial charge is 0.155 e. The van der Waals surface area contributed by atoms with Crippen LogP contribution < -0.4 is 0 Å². The van der Waals surface area contributed by atoms with E-state index in [1.807, 2.05) is 0 Å². The Bertz CT molecular complexity index is 298. The summed E-state index contributed by atoms with van der Waals surface area (Å²) in [5.74, 6) is 0.854. The van der Waals surface area contributed by atoms with E-state index in [9.17, 15) is 4.79 Å². The Morgan fingerprint density at radius 2 is 2.23 bits per heavy atom. The molecule has 2 aliphatic carbocycles. The van der Waals surface area contributed by atoms with Crippen molar-refractivity contribution in [3.8, 4) is 0 Å². The number of hydrogen-bond acceptors (Lipinski definition) is 1. The SMILES string of the molecule is CC1=CC[C@]2(C)C=CC(=O)C[C@H]2C1. The summed E-state index contributed by atoms with van der Waals surface area (Å²) in [5.41, 5.74) is 1.71. The Morgan fingerprint density at radius 1 is 1.46 bits per heavy atom. The molecule has 0 N–H and O–H groups in total. The Kier molecular flexibility index (Phi) is 1.90. The van der Waals surface area contributed by atoms with Crippen LogP contribution >= 0.6 is 0 Å². The number of carbonyl (C=O) groups is 1. The van der Waals surface area contributed by atoms with E-state index in [0.717, 1.165) is 19.3 Å². The standard InChI is InChI=1S/C12H16O/c1-9-3-5-12(2)6-4-11(13)8-10(12)7-9/h3-4,6,10H,5,7-8H2,1-2H3/t10-,12-/m1/s1. The van der Waals surface area contributed by atoms with Crippen molar-refractivity contribution in [2.24, 2.45) is 11.3 Å². The zero-order valence-corrected chi connectivity index (χ0v) is 8.34. The molecule has 0 saturated carbocycles. The van der Waals surface area contributed by atoms with Crippen molar-refractivity contribution < 1.29 is 4.79 Å². The lowest BCUT2D eigenvalue weighted by atomic mass is 9.64. The summed E-state index contributed by atoms with van der Waals surface area (Å²) in [6.45, 7) is 4.44. The first-order chi connectivity index (χ1) is 6.10. The summed E-state index contributed by atoms with van der Waals surface area (Å²) >= 11 is 0. The number of allylic oxidation sites excluding steroid dienone is 4. The lowest BCUT2D eigenvalue weighted by molar-refractivity contribution is -0.117. The molecule has 1 nitrogen and oxygen atoms in total. The molecule has 0 bridgehead atoms. The molecule has 0 aromatic heterocycles. The van der Waals surface area contributed by atoms with Crippen LogP contribution in [0.3, 0.4) is 0 Å². The number of ketones is 1. The van der Waals surface area contributed by atoms with E-state index in [1.54, 1.807) is 6.08 Å². The average molecular weight is 176 g/mol. The zero-order chi connectivity index (χ0) is 9.47. The van der Waals surface area contributed by atoms with Gasteiger partial charge in [0.15, 0.2) is 5.78 Å². The quantitative estimate of drug-likeness (QED) is 0.519. The lowest BCUT2D eigenvalue weighted by Gasteiger charge is -2.40. The van der Waals surface area contributed by atoms with Crippen LogP contribution in [0.15, 0.2) is 23.8 Å². The highest BCUT2D eigenvalue weighted by Gasteiger charge is 2.37. The summed E-state index contributed by atoms with van der Waals surface area (Å²) in [4.78, 5) is 11.3. The second-order valence-corrected chi connectivity index (χ2v) is 4.67. The van der Waals surface area contributed by atoms with Crippen molar-refractivity contribution in [3.05, 3.63) is 23.8 Å². The third-order valence-corrected chi connectivity index (χ3v) is 3.49. The molecular weight excluding hydrogens is 160 g/mol. The summed E-state index contributed by atoms with van der Waals surface area (Å²) in [5, 5.41) is 0. The minimum absolute atomic E-state index is 0.257. The van der Waals surface area contributed by atoms with Crippen LogP contribution in [0.4, 0.5) is 0 Å². The maximum absolute atomic E-state index is 11.3. The van der Waals surface area contributed by atoms with Gasteiger partial charge in [-0.25, -0.2) is 0 Å². The van der Waals surface area contributed by atoms with Crippen LogP contribution in [0.5, 0.6) is 0 Å². The highest BCUT2D eigenvalue weighted by atomic mass is 16.1. The second kappa shape index (κ2) is 2.83. The summed E-state index contributed by atoms with van der Waals surface area (Å²) in [6.07, 6.45) is 9.16.